The van der Waals surface area contributed by atoms with Crippen LogP contribution in [-0.2, 0) is 6.42 Å². The number of aromatic nitrogens is 3. The van der Waals surface area contributed by atoms with Gasteiger partial charge in [-0.15, -0.1) is 0 Å². The summed E-state index contributed by atoms with van der Waals surface area (Å²) < 4.78 is 29.9. The second-order valence-electron chi connectivity index (χ2n) is 5.77. The highest BCUT2D eigenvalue weighted by Crippen LogP contribution is 2.33. The molecule has 126 valence electrons. The van der Waals surface area contributed by atoms with Crippen LogP contribution < -0.4 is 4.90 Å². The first kappa shape index (κ1) is 15.4. The average Bonchev–Trinajstić information content (AvgIpc) is 3.19. The number of halogens is 2. The van der Waals surface area contributed by atoms with Gasteiger partial charge in [0.05, 0.1) is 11.4 Å². The Labute approximate surface area is 142 Å². The minimum absolute atomic E-state index is 0.0162. The Balaban J connectivity index is 1.74. The SMILES string of the molecule is O=C(c1cc(-n2cccn2)ccn1)N1CCCc2c(F)ccc(F)c21. The molecule has 0 atom stereocenters. The summed E-state index contributed by atoms with van der Waals surface area (Å²) in [6.07, 6.45) is 5.84. The highest BCUT2D eigenvalue weighted by Gasteiger charge is 2.29. The van der Waals surface area contributed by atoms with Crippen molar-refractivity contribution in [3.63, 3.8) is 0 Å². The molecule has 0 saturated carbocycles. The highest BCUT2D eigenvalue weighted by molar-refractivity contribution is 6.05. The van der Waals surface area contributed by atoms with E-state index in [1.165, 1.54) is 11.1 Å². The number of amides is 1. The lowest BCUT2D eigenvalue weighted by Gasteiger charge is -2.29. The molecule has 0 saturated heterocycles. The Hall–Kier alpha value is -3.09. The summed E-state index contributed by atoms with van der Waals surface area (Å²) in [4.78, 5) is 18.3. The number of hydrogen-bond acceptors (Lipinski definition) is 3. The fourth-order valence-corrected chi connectivity index (χ4v) is 3.08. The maximum atomic E-state index is 14.3. The number of pyridine rings is 1. The number of carbonyl (C=O) groups excluding carboxylic acids is 1. The third-order valence-electron chi connectivity index (χ3n) is 4.23. The third kappa shape index (κ3) is 2.67. The van der Waals surface area contributed by atoms with Gasteiger partial charge in [-0.1, -0.05) is 0 Å². The van der Waals surface area contributed by atoms with Crippen LogP contribution in [0.1, 0.15) is 22.5 Å². The predicted octanol–water partition coefficient (Wildman–Crippen LogP) is 3.14. The summed E-state index contributed by atoms with van der Waals surface area (Å²) in [6, 6.07) is 7.21. The topological polar surface area (TPSA) is 51.0 Å². The Kier molecular flexibility index (Phi) is 3.76. The van der Waals surface area contributed by atoms with E-state index in [2.05, 4.69) is 10.1 Å². The lowest BCUT2D eigenvalue weighted by molar-refractivity contribution is 0.0979. The number of carbonyl (C=O) groups is 1. The molecule has 0 N–H and O–H groups in total. The molecule has 0 aliphatic carbocycles. The van der Waals surface area contributed by atoms with Gasteiger partial charge >= 0.3 is 0 Å². The van der Waals surface area contributed by atoms with E-state index < -0.39 is 17.5 Å². The van der Waals surface area contributed by atoms with Crippen molar-refractivity contribution in [2.24, 2.45) is 0 Å². The molecule has 5 nitrogen and oxygen atoms in total. The van der Waals surface area contributed by atoms with Crippen molar-refractivity contribution in [3.8, 4) is 5.69 Å². The molecule has 2 aromatic heterocycles. The number of anilines is 1. The first-order chi connectivity index (χ1) is 12.1. The van der Waals surface area contributed by atoms with E-state index >= 15 is 0 Å². The molecule has 25 heavy (non-hydrogen) atoms. The Morgan fingerprint density at radius 2 is 1.96 bits per heavy atom. The first-order valence-electron chi connectivity index (χ1n) is 7.90. The summed E-state index contributed by atoms with van der Waals surface area (Å²) in [5.41, 5.74) is 1.08. The Bertz CT molecular complexity index is 940. The smallest absolute Gasteiger partial charge is 0.277 e. The van der Waals surface area contributed by atoms with Gasteiger partial charge in [-0.3, -0.25) is 9.78 Å². The van der Waals surface area contributed by atoms with Crippen LogP contribution in [0.5, 0.6) is 0 Å². The van der Waals surface area contributed by atoms with Gasteiger partial charge in [0.25, 0.3) is 5.91 Å². The van der Waals surface area contributed by atoms with Gasteiger partial charge < -0.3 is 4.90 Å². The molecule has 1 aliphatic rings. The van der Waals surface area contributed by atoms with Gasteiger partial charge in [0, 0.05) is 30.7 Å². The highest BCUT2D eigenvalue weighted by atomic mass is 19.1. The van der Waals surface area contributed by atoms with Gasteiger partial charge in [-0.2, -0.15) is 5.10 Å². The van der Waals surface area contributed by atoms with Crippen molar-refractivity contribution < 1.29 is 13.6 Å². The van der Waals surface area contributed by atoms with Crippen molar-refractivity contribution in [3.05, 3.63) is 71.8 Å². The van der Waals surface area contributed by atoms with Gasteiger partial charge in [0.2, 0.25) is 0 Å². The number of rotatable bonds is 2. The van der Waals surface area contributed by atoms with Gasteiger partial charge in [0.1, 0.15) is 17.3 Å². The zero-order chi connectivity index (χ0) is 17.4. The predicted molar refractivity (Wildman–Crippen MR) is 87.7 cm³/mol. The summed E-state index contributed by atoms with van der Waals surface area (Å²) >= 11 is 0. The molecule has 0 radical (unpaired) electrons. The number of nitrogens with zero attached hydrogens (tertiary/aromatic N) is 4. The monoisotopic (exact) mass is 340 g/mol. The Morgan fingerprint density at radius 3 is 2.76 bits per heavy atom. The number of benzene rings is 1. The fourth-order valence-electron chi connectivity index (χ4n) is 3.08. The quantitative estimate of drug-likeness (QED) is 0.720. The van der Waals surface area contributed by atoms with Crippen molar-refractivity contribution in [1.29, 1.82) is 0 Å². The van der Waals surface area contributed by atoms with Crippen LogP contribution in [0.15, 0.2) is 48.9 Å². The maximum Gasteiger partial charge on any atom is 0.277 e. The fraction of sp³-hybridized carbons (Fsp3) is 0.167. The van der Waals surface area contributed by atoms with Crippen LogP contribution in [0, 0.1) is 11.6 Å². The van der Waals surface area contributed by atoms with Gasteiger partial charge in [-0.25, -0.2) is 13.5 Å². The van der Waals surface area contributed by atoms with Crippen LogP contribution in [-0.4, -0.2) is 27.2 Å². The van der Waals surface area contributed by atoms with Crippen LogP contribution in [0.25, 0.3) is 5.69 Å². The van der Waals surface area contributed by atoms with Crippen molar-refractivity contribution >= 4 is 11.6 Å². The molecule has 4 rings (SSSR count). The molecule has 3 aromatic rings. The molecule has 0 spiro atoms. The summed E-state index contributed by atoms with van der Waals surface area (Å²) in [7, 11) is 0. The van der Waals surface area contributed by atoms with E-state index in [0.29, 0.717) is 25.1 Å². The van der Waals surface area contributed by atoms with E-state index in [9.17, 15) is 13.6 Å². The van der Waals surface area contributed by atoms with Crippen molar-refractivity contribution in [1.82, 2.24) is 14.8 Å². The second kappa shape index (κ2) is 6.08. The Morgan fingerprint density at radius 1 is 1.12 bits per heavy atom. The molecule has 0 bridgehead atoms. The standard InChI is InChI=1S/C18H14F2N4O/c19-14-4-5-15(20)17-13(14)3-1-9-23(17)18(25)16-11-12(6-8-21-16)24-10-2-7-22-24/h2,4-8,10-11H,1,3,9H2. The molecule has 3 heterocycles. The summed E-state index contributed by atoms with van der Waals surface area (Å²) in [5, 5.41) is 4.12. The average molecular weight is 340 g/mol. The van der Waals surface area contributed by atoms with Crippen LogP contribution in [0.3, 0.4) is 0 Å². The van der Waals surface area contributed by atoms with E-state index in [4.69, 9.17) is 0 Å². The summed E-state index contributed by atoms with van der Waals surface area (Å²) in [5.74, 6) is -1.56. The molecule has 7 heteroatoms. The van der Waals surface area contributed by atoms with Crippen LogP contribution in [0.2, 0.25) is 0 Å². The van der Waals surface area contributed by atoms with Crippen molar-refractivity contribution in [2.75, 3.05) is 11.4 Å². The molecular formula is C18H14F2N4O. The van der Waals surface area contributed by atoms with Crippen LogP contribution in [0.4, 0.5) is 14.5 Å². The van der Waals surface area contributed by atoms with E-state index in [1.54, 1.807) is 35.3 Å². The van der Waals surface area contributed by atoms with E-state index in [0.717, 1.165) is 12.1 Å². The maximum absolute atomic E-state index is 14.3. The minimum atomic E-state index is -0.604. The second-order valence-corrected chi connectivity index (χ2v) is 5.77. The zero-order valence-corrected chi connectivity index (χ0v) is 13.2. The molecule has 1 amide bonds. The lowest BCUT2D eigenvalue weighted by atomic mass is 10.00. The van der Waals surface area contributed by atoms with Crippen LogP contribution >= 0.6 is 0 Å². The summed E-state index contributed by atoms with van der Waals surface area (Å²) in [6.45, 7) is 0.319. The van der Waals surface area contributed by atoms with E-state index in [-0.39, 0.29) is 16.9 Å². The normalized spacial score (nSPS) is 13.6. The van der Waals surface area contributed by atoms with Crippen molar-refractivity contribution in [2.45, 2.75) is 12.8 Å². The molecule has 1 aromatic carbocycles. The molecule has 0 unspecified atom stereocenters. The molecule has 1 aliphatic heterocycles. The first-order valence-corrected chi connectivity index (χ1v) is 7.90. The van der Waals surface area contributed by atoms with Gasteiger partial charge in [0.15, 0.2) is 0 Å². The largest absolute Gasteiger partial charge is 0.304 e. The molecule has 0 fully saturated rings. The van der Waals surface area contributed by atoms with Gasteiger partial charge in [-0.05, 0) is 43.2 Å². The minimum Gasteiger partial charge on any atom is -0.304 e. The number of fused-ring (bicyclic) bond motifs is 1. The van der Waals surface area contributed by atoms with E-state index in [1.807, 2.05) is 0 Å². The molecular weight excluding hydrogens is 326 g/mol. The zero-order valence-electron chi connectivity index (χ0n) is 13.2. The third-order valence-corrected chi connectivity index (χ3v) is 4.23. The lowest BCUT2D eigenvalue weighted by Crippen LogP contribution is -2.37. The number of hydrogen-bond donors (Lipinski definition) is 0.